The Bertz CT molecular complexity index is 665. The summed E-state index contributed by atoms with van der Waals surface area (Å²) in [7, 11) is 0. The molecular formula is C25H41N3O. The lowest BCUT2D eigenvalue weighted by Gasteiger charge is -2.41. The molecule has 4 heteroatoms. The molecule has 1 saturated carbocycles. The highest BCUT2D eigenvalue weighted by Gasteiger charge is 2.32. The number of primary amides is 1. The highest BCUT2D eigenvalue weighted by atomic mass is 16.1. The van der Waals surface area contributed by atoms with Crippen molar-refractivity contribution >= 4 is 11.6 Å². The van der Waals surface area contributed by atoms with Gasteiger partial charge in [0, 0.05) is 31.9 Å². The maximum atomic E-state index is 11.9. The van der Waals surface area contributed by atoms with Gasteiger partial charge in [-0.2, -0.15) is 0 Å². The highest BCUT2D eigenvalue weighted by molar-refractivity contribution is 5.79. The highest BCUT2D eigenvalue weighted by Crippen LogP contribution is 2.45. The molecule has 0 spiro atoms. The van der Waals surface area contributed by atoms with Crippen LogP contribution in [-0.4, -0.2) is 43.0 Å². The van der Waals surface area contributed by atoms with E-state index in [1.54, 1.807) is 0 Å². The summed E-state index contributed by atoms with van der Waals surface area (Å²) in [5.74, 6) is 1.36. The van der Waals surface area contributed by atoms with Crippen molar-refractivity contribution in [3.8, 4) is 0 Å². The zero-order valence-corrected chi connectivity index (χ0v) is 19.0. The first kappa shape index (κ1) is 22.1. The van der Waals surface area contributed by atoms with E-state index in [0.717, 1.165) is 44.9 Å². The van der Waals surface area contributed by atoms with Crippen LogP contribution in [0.15, 0.2) is 24.3 Å². The van der Waals surface area contributed by atoms with Crippen LogP contribution in [0.5, 0.6) is 0 Å². The fourth-order valence-electron chi connectivity index (χ4n) is 5.44. The molecular weight excluding hydrogens is 358 g/mol. The minimum absolute atomic E-state index is 0.106. The third kappa shape index (κ3) is 5.33. The number of nitrogens with two attached hydrogens (primary N) is 1. The normalized spacial score (nSPS) is 25.0. The summed E-state index contributed by atoms with van der Waals surface area (Å²) in [6, 6.07) is 8.93. The Morgan fingerprint density at radius 1 is 1.07 bits per heavy atom. The van der Waals surface area contributed by atoms with Crippen molar-refractivity contribution in [2.24, 2.45) is 17.1 Å². The Balaban J connectivity index is 1.65. The number of piperazine rings is 1. The Morgan fingerprint density at radius 3 is 2.24 bits per heavy atom. The largest absolute Gasteiger partial charge is 0.369 e. The van der Waals surface area contributed by atoms with Gasteiger partial charge in [-0.25, -0.2) is 0 Å². The molecule has 1 unspecified atom stereocenters. The second-order valence-corrected chi connectivity index (χ2v) is 10.2. The smallest absolute Gasteiger partial charge is 0.234 e. The van der Waals surface area contributed by atoms with Crippen LogP contribution >= 0.6 is 0 Å². The number of hydrogen-bond acceptors (Lipinski definition) is 3. The first-order valence-corrected chi connectivity index (χ1v) is 11.7. The SMILES string of the molecule is CCCC(C(N)=O)N1CCN(c2ccccc2C2CCC(C(C)(C)C)CC2)CC1. The lowest BCUT2D eigenvalue weighted by atomic mass is 9.68. The molecule has 1 aliphatic carbocycles. The summed E-state index contributed by atoms with van der Waals surface area (Å²) in [5.41, 5.74) is 9.05. The Hall–Kier alpha value is -1.55. The molecule has 2 fully saturated rings. The van der Waals surface area contributed by atoms with E-state index in [4.69, 9.17) is 5.73 Å². The van der Waals surface area contributed by atoms with Crippen LogP contribution in [0.3, 0.4) is 0 Å². The van der Waals surface area contributed by atoms with E-state index < -0.39 is 0 Å². The summed E-state index contributed by atoms with van der Waals surface area (Å²) in [5, 5.41) is 0. The van der Waals surface area contributed by atoms with E-state index >= 15 is 0 Å². The molecule has 4 nitrogen and oxygen atoms in total. The monoisotopic (exact) mass is 399 g/mol. The molecule has 1 aliphatic heterocycles. The van der Waals surface area contributed by atoms with Crippen molar-refractivity contribution < 1.29 is 4.79 Å². The summed E-state index contributed by atoms with van der Waals surface area (Å²) < 4.78 is 0. The molecule has 1 saturated heterocycles. The molecule has 1 atom stereocenters. The Kier molecular flexibility index (Phi) is 7.26. The maximum Gasteiger partial charge on any atom is 0.234 e. The second-order valence-electron chi connectivity index (χ2n) is 10.2. The van der Waals surface area contributed by atoms with Crippen LogP contribution in [0.1, 0.15) is 77.7 Å². The fraction of sp³-hybridized carbons (Fsp3) is 0.720. The van der Waals surface area contributed by atoms with Crippen LogP contribution in [0.2, 0.25) is 0 Å². The van der Waals surface area contributed by atoms with Crippen molar-refractivity contribution in [1.29, 1.82) is 0 Å². The molecule has 3 rings (SSSR count). The van der Waals surface area contributed by atoms with Gasteiger partial charge in [0.15, 0.2) is 0 Å². The molecule has 2 N–H and O–H groups in total. The molecule has 0 bridgehead atoms. The fourth-order valence-corrected chi connectivity index (χ4v) is 5.44. The molecule has 1 heterocycles. The van der Waals surface area contributed by atoms with E-state index in [-0.39, 0.29) is 11.9 Å². The van der Waals surface area contributed by atoms with E-state index in [2.05, 4.69) is 61.8 Å². The van der Waals surface area contributed by atoms with Crippen LogP contribution in [0.25, 0.3) is 0 Å². The number of carbonyl (C=O) groups excluding carboxylic acids is 1. The molecule has 0 radical (unpaired) electrons. The van der Waals surface area contributed by atoms with Gasteiger partial charge in [0.25, 0.3) is 0 Å². The maximum absolute atomic E-state index is 11.9. The number of para-hydroxylation sites is 1. The average Bonchev–Trinajstić information content (AvgIpc) is 2.71. The van der Waals surface area contributed by atoms with Gasteiger partial charge >= 0.3 is 0 Å². The van der Waals surface area contributed by atoms with Gasteiger partial charge in [0.1, 0.15) is 0 Å². The first-order chi connectivity index (χ1) is 13.8. The van der Waals surface area contributed by atoms with E-state index in [1.165, 1.54) is 36.9 Å². The summed E-state index contributed by atoms with van der Waals surface area (Å²) in [4.78, 5) is 16.7. The molecule has 2 aliphatic rings. The van der Waals surface area contributed by atoms with Crippen molar-refractivity contribution in [3.63, 3.8) is 0 Å². The van der Waals surface area contributed by atoms with Crippen molar-refractivity contribution in [2.75, 3.05) is 31.1 Å². The number of carbonyl (C=O) groups is 1. The summed E-state index contributed by atoms with van der Waals surface area (Å²) in [6.45, 7) is 13.1. The van der Waals surface area contributed by atoms with E-state index in [1.807, 2.05) is 0 Å². The lowest BCUT2D eigenvalue weighted by molar-refractivity contribution is -0.123. The number of amides is 1. The van der Waals surface area contributed by atoms with Crippen molar-refractivity contribution in [3.05, 3.63) is 29.8 Å². The predicted molar refractivity (Wildman–Crippen MR) is 122 cm³/mol. The summed E-state index contributed by atoms with van der Waals surface area (Å²) >= 11 is 0. The van der Waals surface area contributed by atoms with Crippen LogP contribution in [0.4, 0.5) is 5.69 Å². The van der Waals surface area contributed by atoms with Gasteiger partial charge in [0.05, 0.1) is 6.04 Å². The van der Waals surface area contributed by atoms with Gasteiger partial charge in [-0.15, -0.1) is 0 Å². The minimum atomic E-state index is -0.170. The standard InChI is InChI=1S/C25H41N3O/c1-5-8-23(24(26)29)28-17-15-27(16-18-28)22-10-7-6-9-21(22)19-11-13-20(14-12-19)25(2,3)4/h6-7,9-10,19-20,23H,5,8,11-18H2,1-4H3,(H2,26,29). The lowest BCUT2D eigenvalue weighted by Crippen LogP contribution is -2.54. The number of nitrogens with zero attached hydrogens (tertiary/aromatic N) is 2. The van der Waals surface area contributed by atoms with Crippen LogP contribution < -0.4 is 10.6 Å². The third-order valence-corrected chi connectivity index (χ3v) is 7.31. The molecule has 1 amide bonds. The molecule has 29 heavy (non-hydrogen) atoms. The zero-order valence-electron chi connectivity index (χ0n) is 19.0. The predicted octanol–water partition coefficient (Wildman–Crippen LogP) is 4.78. The molecule has 1 aromatic carbocycles. The van der Waals surface area contributed by atoms with E-state index in [0.29, 0.717) is 11.3 Å². The number of anilines is 1. The van der Waals surface area contributed by atoms with Crippen LogP contribution in [-0.2, 0) is 4.79 Å². The van der Waals surface area contributed by atoms with Crippen molar-refractivity contribution in [1.82, 2.24) is 4.90 Å². The number of rotatable bonds is 6. The number of benzene rings is 1. The Morgan fingerprint density at radius 2 is 1.69 bits per heavy atom. The molecule has 0 aromatic heterocycles. The minimum Gasteiger partial charge on any atom is -0.369 e. The molecule has 162 valence electrons. The van der Waals surface area contributed by atoms with Crippen molar-refractivity contribution in [2.45, 2.75) is 78.2 Å². The second kappa shape index (κ2) is 9.51. The topological polar surface area (TPSA) is 49.6 Å². The average molecular weight is 400 g/mol. The van der Waals surface area contributed by atoms with E-state index in [9.17, 15) is 4.79 Å². The van der Waals surface area contributed by atoms with Gasteiger partial charge < -0.3 is 10.6 Å². The van der Waals surface area contributed by atoms with Crippen LogP contribution in [0, 0.1) is 11.3 Å². The summed E-state index contributed by atoms with van der Waals surface area (Å²) in [6.07, 6.45) is 7.15. The van der Waals surface area contributed by atoms with Gasteiger partial charge in [-0.05, 0) is 61.0 Å². The first-order valence-electron chi connectivity index (χ1n) is 11.7. The van der Waals surface area contributed by atoms with Gasteiger partial charge in [0.2, 0.25) is 5.91 Å². The number of hydrogen-bond donors (Lipinski definition) is 1. The molecule has 1 aromatic rings. The zero-order chi connectivity index (χ0) is 21.0. The van der Waals surface area contributed by atoms with Gasteiger partial charge in [-0.1, -0.05) is 52.3 Å². The Labute approximate surface area is 177 Å². The quantitative estimate of drug-likeness (QED) is 0.749. The van der Waals surface area contributed by atoms with Gasteiger partial charge in [-0.3, -0.25) is 9.69 Å². The third-order valence-electron chi connectivity index (χ3n) is 7.31.